The number of hydrogen-bond donors (Lipinski definition) is 0. The van der Waals surface area contributed by atoms with Gasteiger partial charge >= 0.3 is 5.97 Å². The summed E-state index contributed by atoms with van der Waals surface area (Å²) in [6, 6.07) is 18.8. The molecule has 3 aromatic carbocycles. The molecule has 1 aliphatic heterocycles. The SMILES string of the molecule is O=C(CN(C(=O)c1ccccc1Cl)N1C(=O)[C@@H]2[C@H]3C[C@@H]([C@@H](Br)[C@H]3Br)[C@H]2C1=O)c1ccc(OC(=O)c2ccc(Br)cc2)cc1. The maximum atomic E-state index is 13.8. The van der Waals surface area contributed by atoms with E-state index in [1.165, 1.54) is 36.4 Å². The predicted molar refractivity (Wildman–Crippen MR) is 168 cm³/mol. The van der Waals surface area contributed by atoms with E-state index < -0.39 is 47.9 Å². The number of ether oxygens (including phenoxy) is 1. The summed E-state index contributed by atoms with van der Waals surface area (Å²) in [4.78, 5) is 67.4. The van der Waals surface area contributed by atoms with E-state index in [-0.39, 0.29) is 43.4 Å². The molecular formula is C31H22Br3ClN2O6. The second kappa shape index (κ2) is 11.9. The lowest BCUT2D eigenvalue weighted by molar-refractivity contribution is -0.154. The van der Waals surface area contributed by atoms with Gasteiger partial charge in [-0.2, -0.15) is 5.01 Å². The van der Waals surface area contributed by atoms with Crippen molar-refractivity contribution < 1.29 is 28.7 Å². The van der Waals surface area contributed by atoms with Crippen LogP contribution in [0.1, 0.15) is 37.5 Å². The highest BCUT2D eigenvalue weighted by Gasteiger charge is 2.67. The zero-order valence-electron chi connectivity index (χ0n) is 22.2. The molecule has 2 bridgehead atoms. The van der Waals surface area contributed by atoms with Gasteiger partial charge in [-0.15, -0.1) is 0 Å². The normalized spacial score (nSPS) is 25.5. The lowest BCUT2D eigenvalue weighted by atomic mass is 9.81. The van der Waals surface area contributed by atoms with Gasteiger partial charge in [-0.1, -0.05) is 71.5 Å². The van der Waals surface area contributed by atoms with Crippen molar-refractivity contribution in [3.05, 3.63) is 99.0 Å². The summed E-state index contributed by atoms with van der Waals surface area (Å²) in [5, 5.41) is 1.90. The molecule has 2 saturated carbocycles. The molecule has 0 aromatic heterocycles. The zero-order valence-corrected chi connectivity index (χ0v) is 27.7. The molecule has 0 N–H and O–H groups in total. The molecule has 1 saturated heterocycles. The number of hydrazine groups is 1. The number of esters is 1. The Balaban J connectivity index is 1.25. The van der Waals surface area contributed by atoms with Gasteiger partial charge in [-0.25, -0.2) is 9.80 Å². The molecule has 3 aliphatic rings. The second-order valence-corrected chi connectivity index (χ2v) is 14.1. The third-order valence-electron chi connectivity index (χ3n) is 8.30. The molecule has 220 valence electrons. The Bertz CT molecular complexity index is 1620. The smallest absolute Gasteiger partial charge is 0.343 e. The van der Waals surface area contributed by atoms with Gasteiger partial charge in [0.2, 0.25) is 0 Å². The largest absolute Gasteiger partial charge is 0.423 e. The number of hydrogen-bond acceptors (Lipinski definition) is 6. The van der Waals surface area contributed by atoms with Gasteiger partial charge < -0.3 is 4.74 Å². The van der Waals surface area contributed by atoms with E-state index in [9.17, 15) is 24.0 Å². The summed E-state index contributed by atoms with van der Waals surface area (Å²) in [6.07, 6.45) is 0.725. The van der Waals surface area contributed by atoms with Crippen LogP contribution in [0.15, 0.2) is 77.3 Å². The fourth-order valence-electron chi connectivity index (χ4n) is 6.27. The molecule has 0 spiro atoms. The molecule has 3 amide bonds. The fraction of sp³-hybridized carbons (Fsp3) is 0.258. The van der Waals surface area contributed by atoms with Crippen molar-refractivity contribution in [3.63, 3.8) is 0 Å². The van der Waals surface area contributed by atoms with Crippen LogP contribution in [0.2, 0.25) is 5.02 Å². The van der Waals surface area contributed by atoms with E-state index in [2.05, 4.69) is 47.8 Å². The highest BCUT2D eigenvalue weighted by molar-refractivity contribution is 9.12. The standard InChI is InChI=1S/C31H22Br3ClN2O6/c32-17-9-5-16(6-10-17)31(42)43-18-11-7-15(8-12-18)23(38)14-36(28(39)19-3-1-2-4-22(19)35)37-29(40)24-20-13-21(25(24)30(37)41)27(34)26(20)33/h1-12,20-21,24-27H,13-14H2/t20-,21-,24-,25-,26-,27+/m1/s1. The lowest BCUT2D eigenvalue weighted by Crippen LogP contribution is -2.52. The number of carbonyl (C=O) groups excluding carboxylic acids is 5. The summed E-state index contributed by atoms with van der Waals surface area (Å²) in [5.41, 5.74) is 0.609. The van der Waals surface area contributed by atoms with Crippen LogP contribution >= 0.6 is 59.4 Å². The summed E-state index contributed by atoms with van der Waals surface area (Å²) >= 11 is 17.0. The number of halogens is 4. The van der Waals surface area contributed by atoms with E-state index in [4.69, 9.17) is 16.3 Å². The minimum Gasteiger partial charge on any atom is -0.423 e. The minimum atomic E-state index is -0.737. The second-order valence-electron chi connectivity index (χ2n) is 10.7. The van der Waals surface area contributed by atoms with Gasteiger partial charge in [-0.3, -0.25) is 19.2 Å². The third-order valence-corrected chi connectivity index (χ3v) is 12.4. The molecule has 6 atom stereocenters. The first-order chi connectivity index (χ1) is 20.6. The van der Waals surface area contributed by atoms with Gasteiger partial charge in [0.1, 0.15) is 12.3 Å². The van der Waals surface area contributed by atoms with E-state index in [1.807, 2.05) is 0 Å². The van der Waals surface area contributed by atoms with Crippen LogP contribution < -0.4 is 4.74 Å². The zero-order chi connectivity index (χ0) is 30.6. The van der Waals surface area contributed by atoms with Gasteiger partial charge in [0.05, 0.1) is 28.0 Å². The number of imide groups is 1. The fourth-order valence-corrected chi connectivity index (χ4v) is 8.62. The van der Waals surface area contributed by atoms with Gasteiger partial charge in [0, 0.05) is 19.7 Å². The maximum Gasteiger partial charge on any atom is 0.343 e. The quantitative estimate of drug-likeness (QED) is 0.0911. The molecule has 0 radical (unpaired) electrons. The molecule has 2 aliphatic carbocycles. The number of Topliss-reactive ketones (excluding diaryl/α,β-unsaturated/α-hetero) is 1. The number of alkyl halides is 2. The number of fused-ring (bicyclic) bond motifs is 5. The van der Waals surface area contributed by atoms with Gasteiger partial charge in [0.25, 0.3) is 17.7 Å². The average Bonchev–Trinajstić information content (AvgIpc) is 3.61. The molecule has 1 heterocycles. The summed E-state index contributed by atoms with van der Waals surface area (Å²) in [5.74, 6) is -3.88. The number of amides is 3. The van der Waals surface area contributed by atoms with Crippen molar-refractivity contribution in [1.82, 2.24) is 10.0 Å². The van der Waals surface area contributed by atoms with E-state index in [0.29, 0.717) is 5.56 Å². The predicted octanol–water partition coefficient (Wildman–Crippen LogP) is 6.34. The van der Waals surface area contributed by atoms with Crippen molar-refractivity contribution >= 4 is 88.9 Å². The number of carbonyl (C=O) groups is 5. The molecule has 6 rings (SSSR count). The molecule has 12 heteroatoms. The Morgan fingerprint density at radius 2 is 1.40 bits per heavy atom. The molecule has 43 heavy (non-hydrogen) atoms. The van der Waals surface area contributed by atoms with Crippen LogP contribution in [0.5, 0.6) is 5.75 Å². The lowest BCUT2D eigenvalue weighted by Gasteiger charge is -2.31. The highest BCUT2D eigenvalue weighted by atomic mass is 79.9. The van der Waals surface area contributed by atoms with Crippen LogP contribution in [0, 0.1) is 23.7 Å². The highest BCUT2D eigenvalue weighted by Crippen LogP contribution is 2.60. The maximum absolute atomic E-state index is 13.8. The number of nitrogens with zero attached hydrogens (tertiary/aromatic N) is 2. The average molecular weight is 794 g/mol. The monoisotopic (exact) mass is 790 g/mol. The Morgan fingerprint density at radius 3 is 1.98 bits per heavy atom. The Kier molecular flexibility index (Phi) is 8.36. The Hall–Kier alpha value is -2.86. The first-order valence-electron chi connectivity index (χ1n) is 13.4. The third kappa shape index (κ3) is 5.38. The first-order valence-corrected chi connectivity index (χ1v) is 16.4. The van der Waals surface area contributed by atoms with Gasteiger partial charge in [0.15, 0.2) is 5.78 Å². The van der Waals surface area contributed by atoms with Crippen molar-refractivity contribution in [2.45, 2.75) is 16.1 Å². The molecule has 3 aromatic rings. The van der Waals surface area contributed by atoms with E-state index in [0.717, 1.165) is 20.9 Å². The summed E-state index contributed by atoms with van der Waals surface area (Å²) in [6.45, 7) is -0.580. The van der Waals surface area contributed by atoms with Gasteiger partial charge in [-0.05, 0) is 78.9 Å². The topological polar surface area (TPSA) is 101 Å². The van der Waals surface area contributed by atoms with Crippen molar-refractivity contribution in [3.8, 4) is 5.75 Å². The molecule has 0 unspecified atom stereocenters. The molecule has 3 fully saturated rings. The van der Waals surface area contributed by atoms with E-state index in [1.54, 1.807) is 36.4 Å². The van der Waals surface area contributed by atoms with Crippen LogP contribution in [0.4, 0.5) is 0 Å². The van der Waals surface area contributed by atoms with Crippen LogP contribution in [-0.4, -0.2) is 55.7 Å². The summed E-state index contributed by atoms with van der Waals surface area (Å²) in [7, 11) is 0. The molecule has 8 nitrogen and oxygen atoms in total. The van der Waals surface area contributed by atoms with Crippen LogP contribution in [0.3, 0.4) is 0 Å². The van der Waals surface area contributed by atoms with Crippen LogP contribution in [0.25, 0.3) is 0 Å². The van der Waals surface area contributed by atoms with Crippen LogP contribution in [-0.2, 0) is 9.59 Å². The summed E-state index contributed by atoms with van der Waals surface area (Å²) < 4.78 is 6.23. The molecular weight excluding hydrogens is 772 g/mol. The Labute approximate surface area is 277 Å². The minimum absolute atomic E-state index is 0.0150. The van der Waals surface area contributed by atoms with Crippen molar-refractivity contribution in [2.75, 3.05) is 6.54 Å². The van der Waals surface area contributed by atoms with Crippen molar-refractivity contribution in [1.29, 1.82) is 0 Å². The number of rotatable bonds is 7. The number of benzene rings is 3. The number of ketones is 1. The van der Waals surface area contributed by atoms with Crippen molar-refractivity contribution in [2.24, 2.45) is 23.7 Å². The Morgan fingerprint density at radius 1 is 0.837 bits per heavy atom. The van der Waals surface area contributed by atoms with E-state index >= 15 is 0 Å². The first kappa shape index (κ1) is 30.2.